The molecule has 0 aromatic heterocycles. The van der Waals surface area contributed by atoms with E-state index < -0.39 is 23.8 Å². The fraction of sp³-hybridized carbons (Fsp3) is 0.429. The van der Waals surface area contributed by atoms with Gasteiger partial charge in [0.1, 0.15) is 0 Å². The summed E-state index contributed by atoms with van der Waals surface area (Å²) in [7, 11) is 0. The normalized spacial score (nSPS) is 9.36. The summed E-state index contributed by atoms with van der Waals surface area (Å²) in [6.45, 7) is 9.70. The summed E-state index contributed by atoms with van der Waals surface area (Å²) in [4.78, 5) is 53.6. The molecular formula is C14H20N2O6. The van der Waals surface area contributed by atoms with Gasteiger partial charge in [-0.05, 0) is 26.7 Å². The Balaban J connectivity index is 3.71. The Morgan fingerprint density at radius 1 is 0.773 bits per heavy atom. The zero-order valence-electron chi connectivity index (χ0n) is 12.7. The second-order valence-corrected chi connectivity index (χ2v) is 4.58. The first-order valence-corrected chi connectivity index (χ1v) is 6.55. The zero-order valence-corrected chi connectivity index (χ0v) is 12.7. The highest BCUT2D eigenvalue weighted by atomic mass is 16.7. The zero-order chi connectivity index (χ0) is 17.1. The van der Waals surface area contributed by atoms with Crippen LogP contribution in [0.4, 0.5) is 0 Å². The van der Waals surface area contributed by atoms with Gasteiger partial charge in [-0.15, -0.1) is 0 Å². The Bertz CT molecular complexity index is 440. The van der Waals surface area contributed by atoms with E-state index >= 15 is 0 Å². The summed E-state index contributed by atoms with van der Waals surface area (Å²) in [6.07, 6.45) is 0.792. The molecule has 0 unspecified atom stereocenters. The van der Waals surface area contributed by atoms with Gasteiger partial charge in [0.2, 0.25) is 0 Å². The van der Waals surface area contributed by atoms with Crippen molar-refractivity contribution in [3.8, 4) is 0 Å². The summed E-state index contributed by atoms with van der Waals surface area (Å²) in [5.74, 6) is -2.41. The lowest BCUT2D eigenvalue weighted by molar-refractivity contribution is -0.158. The van der Waals surface area contributed by atoms with Gasteiger partial charge in [0.25, 0.3) is 11.8 Å². The quantitative estimate of drug-likeness (QED) is 0.409. The lowest BCUT2D eigenvalue weighted by Crippen LogP contribution is -2.27. The summed E-state index contributed by atoms with van der Waals surface area (Å²) in [5, 5.41) is 0. The molecule has 0 radical (unpaired) electrons. The van der Waals surface area contributed by atoms with Gasteiger partial charge < -0.3 is 9.68 Å². The van der Waals surface area contributed by atoms with Crippen LogP contribution in [0.5, 0.6) is 0 Å². The van der Waals surface area contributed by atoms with E-state index in [0.29, 0.717) is 12.8 Å². The van der Waals surface area contributed by atoms with E-state index in [-0.39, 0.29) is 24.0 Å². The maximum atomic E-state index is 11.3. The molecular weight excluding hydrogens is 292 g/mol. The molecule has 0 aliphatic carbocycles. The molecule has 0 heterocycles. The molecule has 8 nitrogen and oxygen atoms in total. The predicted molar refractivity (Wildman–Crippen MR) is 76.6 cm³/mol. The number of amides is 2. The number of unbranched alkanes of at least 4 members (excludes halogenated alkanes) is 1. The average Bonchev–Trinajstić information content (AvgIpc) is 2.46. The van der Waals surface area contributed by atoms with Crippen LogP contribution in [-0.4, -0.2) is 23.8 Å². The van der Waals surface area contributed by atoms with Crippen molar-refractivity contribution >= 4 is 23.8 Å². The van der Waals surface area contributed by atoms with E-state index in [1.54, 1.807) is 0 Å². The molecule has 0 aromatic rings. The first-order valence-electron chi connectivity index (χ1n) is 6.55. The number of hydrogen-bond donors (Lipinski definition) is 2. The Morgan fingerprint density at radius 2 is 1.09 bits per heavy atom. The molecule has 0 saturated carbocycles. The maximum Gasteiger partial charge on any atom is 0.332 e. The van der Waals surface area contributed by atoms with Crippen molar-refractivity contribution in [1.29, 1.82) is 0 Å². The number of rotatable bonds is 7. The van der Waals surface area contributed by atoms with Crippen LogP contribution in [-0.2, 0) is 28.9 Å². The van der Waals surface area contributed by atoms with Crippen LogP contribution in [0.25, 0.3) is 0 Å². The Morgan fingerprint density at radius 3 is 1.36 bits per heavy atom. The van der Waals surface area contributed by atoms with E-state index in [1.165, 1.54) is 13.8 Å². The number of hydroxylamine groups is 2. The van der Waals surface area contributed by atoms with Crippen LogP contribution in [0.3, 0.4) is 0 Å². The van der Waals surface area contributed by atoms with Gasteiger partial charge in [0, 0.05) is 24.0 Å². The number of carbonyl (C=O) groups is 4. The predicted octanol–water partition coefficient (Wildman–Crippen LogP) is 0.848. The first kappa shape index (κ1) is 19.4. The van der Waals surface area contributed by atoms with Crippen molar-refractivity contribution < 1.29 is 28.9 Å². The van der Waals surface area contributed by atoms with Gasteiger partial charge in [-0.25, -0.2) is 9.59 Å². The summed E-state index contributed by atoms with van der Waals surface area (Å²) >= 11 is 0. The lowest BCUT2D eigenvalue weighted by atomic mass is 10.2. The van der Waals surface area contributed by atoms with E-state index in [4.69, 9.17) is 0 Å². The third kappa shape index (κ3) is 9.29. The fourth-order valence-electron chi connectivity index (χ4n) is 1.02. The SMILES string of the molecule is C=C(C)C(=O)NOC(=O)CCCCC(=O)ONC(=O)C(=C)C. The molecule has 2 N–H and O–H groups in total. The number of hydrogen-bond acceptors (Lipinski definition) is 6. The molecule has 2 amide bonds. The van der Waals surface area contributed by atoms with Crippen molar-refractivity contribution in [2.24, 2.45) is 0 Å². The summed E-state index contributed by atoms with van der Waals surface area (Å²) in [6, 6.07) is 0. The number of nitrogens with one attached hydrogen (secondary N) is 2. The molecule has 0 aliphatic heterocycles. The minimum absolute atomic E-state index is 0.0296. The smallest absolute Gasteiger partial charge is 0.332 e. The molecule has 0 fully saturated rings. The summed E-state index contributed by atoms with van der Waals surface area (Å²) in [5.41, 5.74) is 4.31. The lowest BCUT2D eigenvalue weighted by Gasteiger charge is -2.06. The molecule has 0 aromatic carbocycles. The fourth-order valence-corrected chi connectivity index (χ4v) is 1.02. The van der Waals surface area contributed by atoms with Crippen LogP contribution in [0.15, 0.2) is 24.3 Å². The molecule has 0 rings (SSSR count). The van der Waals surface area contributed by atoms with Crippen molar-refractivity contribution in [2.45, 2.75) is 39.5 Å². The van der Waals surface area contributed by atoms with Gasteiger partial charge >= 0.3 is 11.9 Å². The highest BCUT2D eigenvalue weighted by Gasteiger charge is 2.10. The maximum absolute atomic E-state index is 11.3. The molecule has 0 spiro atoms. The van der Waals surface area contributed by atoms with Crippen molar-refractivity contribution in [3.05, 3.63) is 24.3 Å². The minimum Gasteiger partial charge on any atom is -0.341 e. The second-order valence-electron chi connectivity index (χ2n) is 4.58. The Hall–Kier alpha value is -2.64. The molecule has 122 valence electrons. The van der Waals surface area contributed by atoms with Gasteiger partial charge in [-0.1, -0.05) is 13.2 Å². The first-order chi connectivity index (χ1) is 10.2. The van der Waals surface area contributed by atoms with E-state index in [1.807, 2.05) is 11.0 Å². The Kier molecular flexibility index (Phi) is 8.92. The third-order valence-electron chi connectivity index (χ3n) is 2.30. The third-order valence-corrected chi connectivity index (χ3v) is 2.30. The van der Waals surface area contributed by atoms with Crippen LogP contribution in [0, 0.1) is 0 Å². The Labute approximate surface area is 128 Å². The topological polar surface area (TPSA) is 111 Å². The van der Waals surface area contributed by atoms with Crippen LogP contribution >= 0.6 is 0 Å². The largest absolute Gasteiger partial charge is 0.341 e. The van der Waals surface area contributed by atoms with Gasteiger partial charge in [0.05, 0.1) is 0 Å². The average molecular weight is 312 g/mol. The van der Waals surface area contributed by atoms with E-state index in [0.717, 1.165) is 0 Å². The van der Waals surface area contributed by atoms with Crippen molar-refractivity contribution in [2.75, 3.05) is 0 Å². The van der Waals surface area contributed by atoms with Crippen LogP contribution < -0.4 is 11.0 Å². The minimum atomic E-state index is -0.626. The van der Waals surface area contributed by atoms with E-state index in [9.17, 15) is 19.2 Å². The molecule has 0 saturated heterocycles. The molecule has 22 heavy (non-hydrogen) atoms. The van der Waals surface area contributed by atoms with E-state index in [2.05, 4.69) is 22.8 Å². The van der Waals surface area contributed by atoms with Crippen molar-refractivity contribution in [3.63, 3.8) is 0 Å². The monoisotopic (exact) mass is 312 g/mol. The van der Waals surface area contributed by atoms with Crippen LogP contribution in [0.1, 0.15) is 39.5 Å². The summed E-state index contributed by atoms with van der Waals surface area (Å²) < 4.78 is 0. The number of carbonyl (C=O) groups excluding carboxylic acids is 4. The molecule has 0 bridgehead atoms. The van der Waals surface area contributed by atoms with Crippen LogP contribution in [0.2, 0.25) is 0 Å². The van der Waals surface area contributed by atoms with Crippen molar-refractivity contribution in [1.82, 2.24) is 11.0 Å². The van der Waals surface area contributed by atoms with Gasteiger partial charge in [0.15, 0.2) is 0 Å². The molecule has 0 atom stereocenters. The molecule has 0 aliphatic rings. The van der Waals surface area contributed by atoms with Gasteiger partial charge in [-0.2, -0.15) is 11.0 Å². The highest BCUT2D eigenvalue weighted by molar-refractivity contribution is 5.92. The van der Waals surface area contributed by atoms with Gasteiger partial charge in [-0.3, -0.25) is 9.59 Å². The standard InChI is InChI=1S/C14H20N2O6/c1-9(2)13(19)15-21-11(17)7-5-6-8-12(18)22-16-14(20)10(3)4/h1,3,5-8H2,2,4H3,(H,15,19)(H,16,20). The second kappa shape index (κ2) is 10.1. The molecule has 8 heteroatoms. The highest BCUT2D eigenvalue weighted by Crippen LogP contribution is 2.02.